The largest absolute Gasteiger partial charge is 0.368 e. The van der Waals surface area contributed by atoms with Crippen molar-refractivity contribution in [3.05, 3.63) is 0 Å². The van der Waals surface area contributed by atoms with Crippen LogP contribution in [0.1, 0.15) is 27.2 Å². The maximum atomic E-state index is 10.6. The first kappa shape index (κ1) is 9.43. The number of amides is 1. The summed E-state index contributed by atoms with van der Waals surface area (Å²) in [6.07, 6.45) is 0.858. The summed E-state index contributed by atoms with van der Waals surface area (Å²) in [4.78, 5) is 10.6. The third-order valence-electron chi connectivity index (χ3n) is 2.06. The minimum atomic E-state index is -0.530. The first-order chi connectivity index (χ1) is 4.41. The molecule has 0 saturated heterocycles. The molecule has 10 heavy (non-hydrogen) atoms. The van der Waals surface area contributed by atoms with Gasteiger partial charge in [0.2, 0.25) is 5.91 Å². The van der Waals surface area contributed by atoms with E-state index in [1.54, 1.807) is 0 Å². The molecule has 0 saturated carbocycles. The molecule has 0 radical (unpaired) electrons. The van der Waals surface area contributed by atoms with Crippen LogP contribution in [0, 0.1) is 5.41 Å². The second kappa shape index (κ2) is 3.01. The Morgan fingerprint density at radius 2 is 2.00 bits per heavy atom. The second-order valence-electron chi connectivity index (χ2n) is 3.22. The molecule has 3 heteroatoms. The molecule has 1 unspecified atom stereocenters. The van der Waals surface area contributed by atoms with Crippen LogP contribution < -0.4 is 11.5 Å². The summed E-state index contributed by atoms with van der Waals surface area (Å²) >= 11 is 0. The quantitative estimate of drug-likeness (QED) is 0.595. The third-order valence-corrected chi connectivity index (χ3v) is 2.06. The highest BCUT2D eigenvalue weighted by Crippen LogP contribution is 2.22. The fraction of sp³-hybridized carbons (Fsp3) is 0.857. The Balaban J connectivity index is 4.17. The molecule has 3 nitrogen and oxygen atoms in total. The minimum absolute atomic E-state index is 0.175. The van der Waals surface area contributed by atoms with Gasteiger partial charge in [-0.15, -0.1) is 0 Å². The molecule has 1 atom stereocenters. The van der Waals surface area contributed by atoms with Gasteiger partial charge in [-0.25, -0.2) is 0 Å². The number of hydrogen-bond acceptors (Lipinski definition) is 2. The lowest BCUT2D eigenvalue weighted by molar-refractivity contribution is -0.121. The molecule has 0 rings (SSSR count). The Bertz CT molecular complexity index is 132. The van der Waals surface area contributed by atoms with Gasteiger partial charge in [0.1, 0.15) is 0 Å². The Morgan fingerprint density at radius 1 is 1.60 bits per heavy atom. The van der Waals surface area contributed by atoms with Gasteiger partial charge in [-0.3, -0.25) is 4.79 Å². The van der Waals surface area contributed by atoms with Crippen molar-refractivity contribution in [2.75, 3.05) is 0 Å². The number of carbonyl (C=O) groups is 1. The number of nitrogens with two attached hydrogens (primary N) is 2. The molecular formula is C7H16N2O. The average molecular weight is 144 g/mol. The van der Waals surface area contributed by atoms with Crippen molar-refractivity contribution >= 4 is 5.91 Å². The highest BCUT2D eigenvalue weighted by Gasteiger charge is 2.28. The summed E-state index contributed by atoms with van der Waals surface area (Å²) in [7, 11) is 0. The van der Waals surface area contributed by atoms with Crippen LogP contribution in [-0.4, -0.2) is 11.9 Å². The van der Waals surface area contributed by atoms with Crippen LogP contribution in [0.2, 0.25) is 0 Å². The average Bonchev–Trinajstić information content (AvgIpc) is 1.86. The van der Waals surface area contributed by atoms with E-state index in [1.165, 1.54) is 0 Å². The summed E-state index contributed by atoms with van der Waals surface area (Å²) in [6, 6.07) is -0.530. The highest BCUT2D eigenvalue weighted by atomic mass is 16.1. The van der Waals surface area contributed by atoms with E-state index in [9.17, 15) is 4.79 Å². The SMILES string of the molecule is CCC(C)(C)C(N)C(N)=O. The number of rotatable bonds is 3. The van der Waals surface area contributed by atoms with Crippen LogP contribution in [0.25, 0.3) is 0 Å². The van der Waals surface area contributed by atoms with Gasteiger partial charge in [0.25, 0.3) is 0 Å². The van der Waals surface area contributed by atoms with Crippen molar-refractivity contribution in [2.45, 2.75) is 33.2 Å². The summed E-state index contributed by atoms with van der Waals surface area (Å²) in [5.41, 5.74) is 10.4. The Kier molecular flexibility index (Phi) is 2.84. The van der Waals surface area contributed by atoms with E-state index >= 15 is 0 Å². The van der Waals surface area contributed by atoms with Crippen LogP contribution in [0.3, 0.4) is 0 Å². The smallest absolute Gasteiger partial charge is 0.234 e. The fourth-order valence-corrected chi connectivity index (χ4v) is 0.605. The van der Waals surface area contributed by atoms with Gasteiger partial charge >= 0.3 is 0 Å². The fourth-order valence-electron chi connectivity index (χ4n) is 0.605. The minimum Gasteiger partial charge on any atom is -0.368 e. The lowest BCUT2D eigenvalue weighted by Gasteiger charge is -2.27. The van der Waals surface area contributed by atoms with Gasteiger partial charge in [0.05, 0.1) is 6.04 Å². The van der Waals surface area contributed by atoms with Gasteiger partial charge in [-0.05, 0) is 11.8 Å². The normalized spacial score (nSPS) is 14.8. The van der Waals surface area contributed by atoms with Crippen LogP contribution in [0.4, 0.5) is 0 Å². The monoisotopic (exact) mass is 144 g/mol. The Morgan fingerprint density at radius 3 is 2.10 bits per heavy atom. The molecule has 0 aromatic heterocycles. The second-order valence-corrected chi connectivity index (χ2v) is 3.22. The van der Waals surface area contributed by atoms with E-state index in [0.717, 1.165) is 6.42 Å². The molecule has 0 fully saturated rings. The maximum Gasteiger partial charge on any atom is 0.234 e. The first-order valence-corrected chi connectivity index (χ1v) is 3.46. The standard InChI is InChI=1S/C7H16N2O/c1-4-7(2,3)5(8)6(9)10/h5H,4,8H2,1-3H3,(H2,9,10). The van der Waals surface area contributed by atoms with E-state index in [0.29, 0.717) is 0 Å². The zero-order chi connectivity index (χ0) is 8.36. The lowest BCUT2D eigenvalue weighted by Crippen LogP contribution is -2.47. The van der Waals surface area contributed by atoms with Gasteiger partial charge in [-0.1, -0.05) is 20.8 Å². The summed E-state index contributed by atoms with van der Waals surface area (Å²) < 4.78 is 0. The van der Waals surface area contributed by atoms with E-state index in [4.69, 9.17) is 11.5 Å². The van der Waals surface area contributed by atoms with Crippen molar-refractivity contribution in [3.8, 4) is 0 Å². The Labute approximate surface area is 61.8 Å². The van der Waals surface area contributed by atoms with Gasteiger partial charge in [0, 0.05) is 0 Å². The third kappa shape index (κ3) is 1.99. The topological polar surface area (TPSA) is 69.1 Å². The van der Waals surface area contributed by atoms with Crippen molar-refractivity contribution in [3.63, 3.8) is 0 Å². The van der Waals surface area contributed by atoms with Crippen LogP contribution in [0.15, 0.2) is 0 Å². The predicted octanol–water partition coefficient (Wildman–Crippen LogP) is 0.235. The van der Waals surface area contributed by atoms with E-state index < -0.39 is 11.9 Å². The number of hydrogen-bond donors (Lipinski definition) is 2. The van der Waals surface area contributed by atoms with Gasteiger partial charge in [0.15, 0.2) is 0 Å². The highest BCUT2D eigenvalue weighted by molar-refractivity contribution is 5.80. The van der Waals surface area contributed by atoms with Gasteiger partial charge in [-0.2, -0.15) is 0 Å². The van der Waals surface area contributed by atoms with E-state index in [2.05, 4.69) is 0 Å². The van der Waals surface area contributed by atoms with Crippen molar-refractivity contribution < 1.29 is 4.79 Å². The molecule has 0 aliphatic heterocycles. The molecule has 0 spiro atoms. The molecule has 0 aliphatic carbocycles. The van der Waals surface area contributed by atoms with Gasteiger partial charge < -0.3 is 11.5 Å². The lowest BCUT2D eigenvalue weighted by atomic mass is 9.82. The summed E-state index contributed by atoms with van der Waals surface area (Å²) in [6.45, 7) is 5.85. The molecule has 0 aromatic rings. The molecule has 4 N–H and O–H groups in total. The zero-order valence-electron chi connectivity index (χ0n) is 6.85. The molecule has 0 aromatic carbocycles. The maximum absolute atomic E-state index is 10.6. The predicted molar refractivity (Wildman–Crippen MR) is 41.2 cm³/mol. The molecule has 60 valence electrons. The van der Waals surface area contributed by atoms with Crippen LogP contribution >= 0.6 is 0 Å². The molecule has 0 bridgehead atoms. The van der Waals surface area contributed by atoms with Crippen molar-refractivity contribution in [1.82, 2.24) is 0 Å². The summed E-state index contributed by atoms with van der Waals surface area (Å²) in [5, 5.41) is 0. The molecule has 1 amide bonds. The van der Waals surface area contributed by atoms with Crippen LogP contribution in [-0.2, 0) is 4.79 Å². The molecular weight excluding hydrogens is 128 g/mol. The van der Waals surface area contributed by atoms with Crippen molar-refractivity contribution in [2.24, 2.45) is 16.9 Å². The summed E-state index contributed by atoms with van der Waals surface area (Å²) in [5.74, 6) is -0.424. The van der Waals surface area contributed by atoms with E-state index in [-0.39, 0.29) is 5.41 Å². The Hall–Kier alpha value is -0.570. The number of carbonyl (C=O) groups excluding carboxylic acids is 1. The molecule has 0 heterocycles. The number of primary amides is 1. The van der Waals surface area contributed by atoms with Crippen molar-refractivity contribution in [1.29, 1.82) is 0 Å². The van der Waals surface area contributed by atoms with E-state index in [1.807, 2.05) is 20.8 Å². The first-order valence-electron chi connectivity index (χ1n) is 3.46. The molecule has 0 aliphatic rings. The van der Waals surface area contributed by atoms with Crippen LogP contribution in [0.5, 0.6) is 0 Å². The zero-order valence-corrected chi connectivity index (χ0v) is 6.85.